The Morgan fingerprint density at radius 3 is 2.14 bits per heavy atom. The molecule has 4 heteroatoms. The second-order valence-corrected chi connectivity index (χ2v) is 9.08. The van der Waals surface area contributed by atoms with E-state index >= 15 is 0 Å². The molecule has 1 aliphatic heterocycles. The van der Waals surface area contributed by atoms with Gasteiger partial charge < -0.3 is 9.47 Å². The highest BCUT2D eigenvalue weighted by molar-refractivity contribution is 5.95. The smallest absolute Gasteiger partial charge is 0.246 e. The topological polar surface area (TPSA) is 38.1 Å². The van der Waals surface area contributed by atoms with Gasteiger partial charge in [-0.1, -0.05) is 91.0 Å². The number of anilines is 1. The molecule has 0 unspecified atom stereocenters. The van der Waals surface area contributed by atoms with E-state index < -0.39 is 0 Å². The van der Waals surface area contributed by atoms with Crippen LogP contribution in [0.2, 0.25) is 0 Å². The van der Waals surface area contributed by atoms with Crippen molar-refractivity contribution >= 4 is 22.6 Å². The summed E-state index contributed by atoms with van der Waals surface area (Å²) in [5.41, 5.74) is 6.49. The maximum atomic E-state index is 13.8. The summed E-state index contributed by atoms with van der Waals surface area (Å²) in [5, 5.41) is 0. The Morgan fingerprint density at radius 1 is 0.771 bits per heavy atom. The van der Waals surface area contributed by atoms with Crippen molar-refractivity contribution in [3.05, 3.63) is 132 Å². The van der Waals surface area contributed by atoms with Crippen LogP contribution in [-0.2, 0) is 17.8 Å². The molecule has 35 heavy (non-hydrogen) atoms. The van der Waals surface area contributed by atoms with Crippen LogP contribution in [-0.4, -0.2) is 22.0 Å². The number of amides is 1. The number of imidazole rings is 1. The standard InChI is InChI=1S/C31H27N3O/c35-29(33-21-11-17-23-12-7-9-19-27(23)33)22-34-28-20-10-8-18-26(28)32-31(34)30(24-13-3-1-4-14-24)25-15-5-2-6-16-25/h1-10,12-16,18-20,30H,11,17,21-22H2. The second-order valence-electron chi connectivity index (χ2n) is 9.08. The molecule has 4 nitrogen and oxygen atoms in total. The van der Waals surface area contributed by atoms with Crippen molar-refractivity contribution in [2.24, 2.45) is 0 Å². The first-order valence-electron chi connectivity index (χ1n) is 12.2. The van der Waals surface area contributed by atoms with Gasteiger partial charge in [0.25, 0.3) is 0 Å². The number of rotatable bonds is 5. The maximum absolute atomic E-state index is 13.8. The lowest BCUT2D eigenvalue weighted by Crippen LogP contribution is -2.38. The lowest BCUT2D eigenvalue weighted by atomic mass is 9.90. The quantitative estimate of drug-likeness (QED) is 0.315. The van der Waals surface area contributed by atoms with E-state index in [0.717, 1.165) is 53.1 Å². The Morgan fingerprint density at radius 2 is 1.40 bits per heavy atom. The van der Waals surface area contributed by atoms with Crippen LogP contribution in [0.15, 0.2) is 109 Å². The lowest BCUT2D eigenvalue weighted by molar-refractivity contribution is -0.119. The van der Waals surface area contributed by atoms with Gasteiger partial charge in [0.05, 0.1) is 17.0 Å². The van der Waals surface area contributed by atoms with Crippen molar-refractivity contribution in [3.8, 4) is 0 Å². The number of fused-ring (bicyclic) bond motifs is 2. The fraction of sp³-hybridized carbons (Fsp3) is 0.161. The summed E-state index contributed by atoms with van der Waals surface area (Å²) in [6.07, 6.45) is 2.00. The van der Waals surface area contributed by atoms with Crippen LogP contribution >= 0.6 is 0 Å². The van der Waals surface area contributed by atoms with E-state index in [1.54, 1.807) is 0 Å². The zero-order valence-electron chi connectivity index (χ0n) is 19.5. The summed E-state index contributed by atoms with van der Waals surface area (Å²) < 4.78 is 2.12. The predicted octanol–water partition coefficient (Wildman–Crippen LogP) is 6.20. The van der Waals surface area contributed by atoms with E-state index in [-0.39, 0.29) is 18.4 Å². The number of hydrogen-bond donors (Lipinski definition) is 0. The van der Waals surface area contributed by atoms with E-state index in [9.17, 15) is 4.79 Å². The molecule has 0 atom stereocenters. The maximum Gasteiger partial charge on any atom is 0.246 e. The Balaban J connectivity index is 1.47. The largest absolute Gasteiger partial charge is 0.318 e. The number of para-hydroxylation sites is 3. The van der Waals surface area contributed by atoms with E-state index in [4.69, 9.17) is 4.98 Å². The summed E-state index contributed by atoms with van der Waals surface area (Å²) in [5.74, 6) is 0.912. The SMILES string of the molecule is O=C(Cn1c(C(c2ccccc2)c2ccccc2)nc2ccccc21)N1CCCc2ccccc21. The molecule has 1 aromatic heterocycles. The van der Waals surface area contributed by atoms with Crippen molar-refractivity contribution in [3.63, 3.8) is 0 Å². The molecule has 4 aromatic carbocycles. The average molecular weight is 458 g/mol. The Labute approximate surface area is 205 Å². The molecule has 2 heterocycles. The van der Waals surface area contributed by atoms with Crippen LogP contribution in [0.3, 0.4) is 0 Å². The van der Waals surface area contributed by atoms with E-state index in [0.29, 0.717) is 0 Å². The number of aryl methyl sites for hydroxylation is 1. The van der Waals surface area contributed by atoms with Crippen molar-refractivity contribution < 1.29 is 4.79 Å². The van der Waals surface area contributed by atoms with Crippen molar-refractivity contribution in [1.29, 1.82) is 0 Å². The first-order valence-corrected chi connectivity index (χ1v) is 12.2. The third-order valence-corrected chi connectivity index (χ3v) is 6.91. The summed E-state index contributed by atoms with van der Waals surface area (Å²) in [6, 6.07) is 37.3. The summed E-state index contributed by atoms with van der Waals surface area (Å²) >= 11 is 0. The molecule has 0 N–H and O–H groups in total. The monoisotopic (exact) mass is 457 g/mol. The molecule has 0 aliphatic carbocycles. The van der Waals surface area contributed by atoms with Gasteiger partial charge in [0, 0.05) is 12.2 Å². The zero-order chi connectivity index (χ0) is 23.6. The minimum absolute atomic E-state index is 0.0776. The zero-order valence-corrected chi connectivity index (χ0v) is 19.5. The van der Waals surface area contributed by atoms with Gasteiger partial charge in [-0.3, -0.25) is 4.79 Å². The van der Waals surface area contributed by atoms with Gasteiger partial charge in [-0.25, -0.2) is 4.98 Å². The Hall–Kier alpha value is -4.18. The van der Waals surface area contributed by atoms with E-state index in [1.165, 1.54) is 5.56 Å². The van der Waals surface area contributed by atoms with Crippen LogP contribution in [0.25, 0.3) is 11.0 Å². The first-order chi connectivity index (χ1) is 17.3. The van der Waals surface area contributed by atoms with Gasteiger partial charge in [-0.15, -0.1) is 0 Å². The third kappa shape index (κ3) is 4.01. The minimum atomic E-state index is -0.0776. The predicted molar refractivity (Wildman–Crippen MR) is 141 cm³/mol. The van der Waals surface area contributed by atoms with Crippen molar-refractivity contribution in [2.75, 3.05) is 11.4 Å². The molecule has 0 radical (unpaired) electrons. The van der Waals surface area contributed by atoms with Crippen molar-refractivity contribution in [2.45, 2.75) is 25.3 Å². The van der Waals surface area contributed by atoms with Crippen LogP contribution in [0.5, 0.6) is 0 Å². The van der Waals surface area contributed by atoms with Gasteiger partial charge in [0.1, 0.15) is 12.4 Å². The molecule has 0 spiro atoms. The summed E-state index contributed by atoms with van der Waals surface area (Å²) in [6.45, 7) is 0.999. The van der Waals surface area contributed by atoms with Crippen LogP contribution in [0.1, 0.15) is 34.9 Å². The Kier molecular flexibility index (Phi) is 5.63. The normalized spacial score (nSPS) is 13.2. The lowest BCUT2D eigenvalue weighted by Gasteiger charge is -2.30. The van der Waals surface area contributed by atoms with Crippen LogP contribution < -0.4 is 4.90 Å². The molecule has 0 saturated heterocycles. The first kappa shape index (κ1) is 21.4. The molecule has 172 valence electrons. The molecule has 0 bridgehead atoms. The van der Waals surface area contributed by atoms with Crippen LogP contribution in [0, 0.1) is 0 Å². The number of benzene rings is 4. The molecule has 0 saturated carbocycles. The fourth-order valence-electron chi connectivity index (χ4n) is 5.28. The molecule has 1 amide bonds. The van der Waals surface area contributed by atoms with Gasteiger partial charge in [0.2, 0.25) is 5.91 Å². The number of hydrogen-bond acceptors (Lipinski definition) is 2. The number of carbonyl (C=O) groups is 1. The Bertz CT molecular complexity index is 1430. The van der Waals surface area contributed by atoms with Crippen LogP contribution in [0.4, 0.5) is 5.69 Å². The molecule has 6 rings (SSSR count). The molecule has 1 aliphatic rings. The van der Waals surface area contributed by atoms with Gasteiger partial charge in [0.15, 0.2) is 0 Å². The van der Waals surface area contributed by atoms with Gasteiger partial charge >= 0.3 is 0 Å². The number of carbonyl (C=O) groups excluding carboxylic acids is 1. The van der Waals surface area contributed by atoms with E-state index in [1.807, 2.05) is 41.3 Å². The molecular weight excluding hydrogens is 430 g/mol. The van der Waals surface area contributed by atoms with Gasteiger partial charge in [-0.2, -0.15) is 0 Å². The van der Waals surface area contributed by atoms with Crippen molar-refractivity contribution in [1.82, 2.24) is 9.55 Å². The number of aromatic nitrogens is 2. The average Bonchev–Trinajstić information content (AvgIpc) is 3.27. The fourth-order valence-corrected chi connectivity index (χ4v) is 5.28. The third-order valence-electron chi connectivity index (χ3n) is 6.91. The summed E-state index contributed by atoms with van der Waals surface area (Å²) in [4.78, 5) is 20.9. The minimum Gasteiger partial charge on any atom is -0.318 e. The van der Waals surface area contributed by atoms with Gasteiger partial charge in [-0.05, 0) is 47.7 Å². The molecular formula is C31H27N3O. The highest BCUT2D eigenvalue weighted by Gasteiger charge is 2.27. The number of nitrogens with zero attached hydrogens (tertiary/aromatic N) is 3. The highest BCUT2D eigenvalue weighted by atomic mass is 16.2. The summed E-state index contributed by atoms with van der Waals surface area (Å²) in [7, 11) is 0. The highest BCUT2D eigenvalue weighted by Crippen LogP contribution is 2.34. The van der Waals surface area contributed by atoms with E-state index in [2.05, 4.69) is 77.4 Å². The molecule has 0 fully saturated rings. The molecule has 5 aromatic rings. The second kappa shape index (κ2) is 9.22.